The van der Waals surface area contributed by atoms with Gasteiger partial charge in [0, 0.05) is 26.2 Å². The summed E-state index contributed by atoms with van der Waals surface area (Å²) < 4.78 is 63.8. The summed E-state index contributed by atoms with van der Waals surface area (Å²) in [4.78, 5) is 23.4. The maximum atomic E-state index is 13.1. The second-order valence-electron chi connectivity index (χ2n) is 7.07. The quantitative estimate of drug-likeness (QED) is 0.501. The summed E-state index contributed by atoms with van der Waals surface area (Å²) in [6.45, 7) is -0.519. The number of carbonyl (C=O) groups is 2. The molecule has 2 aromatic carbocycles. The van der Waals surface area contributed by atoms with Gasteiger partial charge in [-0.3, -0.25) is 0 Å². The van der Waals surface area contributed by atoms with Gasteiger partial charge >= 0.3 is 11.9 Å². The molecule has 0 aliphatic carbocycles. The number of hydrogen-bond acceptors (Lipinski definition) is 8. The monoisotopic (exact) mass is 550 g/mol. The van der Waals surface area contributed by atoms with E-state index >= 15 is 0 Å². The number of ether oxygens (including phenoxy) is 2. The Morgan fingerprint density at radius 2 is 1.03 bits per heavy atom. The van der Waals surface area contributed by atoms with Crippen LogP contribution in [0.2, 0.25) is 10.0 Å². The van der Waals surface area contributed by atoms with Crippen LogP contribution in [0.4, 0.5) is 0 Å². The standard InChI is InChI=1S/C20H20Cl2N2O8S2/c1-31-19(25)15-11-13(3-5-17(15)21)33(27,28)23-7-9-24(10-8-23)34(29,30)14-4-6-18(22)16(12-14)20(26)32-2/h3-6,11-12H,7-10H2,1-2H3. The molecule has 0 unspecified atom stereocenters. The number of nitrogens with zero attached hydrogens (tertiary/aromatic N) is 2. The number of rotatable bonds is 6. The fraction of sp³-hybridized carbons (Fsp3) is 0.300. The van der Waals surface area contributed by atoms with Crippen molar-refractivity contribution in [2.45, 2.75) is 9.79 Å². The third-order valence-corrected chi connectivity index (χ3v) is 9.61. The van der Waals surface area contributed by atoms with E-state index in [4.69, 9.17) is 23.2 Å². The molecule has 1 saturated heterocycles. The minimum absolute atomic E-state index is 0.0380. The van der Waals surface area contributed by atoms with E-state index in [1.165, 1.54) is 24.3 Å². The maximum absolute atomic E-state index is 13.1. The summed E-state index contributed by atoms with van der Waals surface area (Å²) >= 11 is 11.9. The summed E-state index contributed by atoms with van der Waals surface area (Å²) in [5.41, 5.74) is -0.203. The average molecular weight is 551 g/mol. The molecule has 10 nitrogen and oxygen atoms in total. The lowest BCUT2D eigenvalue weighted by Gasteiger charge is -2.33. The summed E-state index contributed by atoms with van der Waals surface area (Å²) in [7, 11) is -5.78. The molecule has 1 heterocycles. The SMILES string of the molecule is COC(=O)c1cc(S(=O)(=O)N2CCN(S(=O)(=O)c3ccc(Cl)c(C(=O)OC)c3)CC2)ccc1Cl. The van der Waals surface area contributed by atoms with Crippen LogP contribution in [-0.2, 0) is 29.5 Å². The molecular formula is C20H20Cl2N2O8S2. The van der Waals surface area contributed by atoms with Gasteiger partial charge in [0.1, 0.15) is 0 Å². The van der Waals surface area contributed by atoms with Gasteiger partial charge in [-0.2, -0.15) is 8.61 Å². The fourth-order valence-corrected chi connectivity index (χ4v) is 6.60. The van der Waals surface area contributed by atoms with Crippen LogP contribution in [0, 0.1) is 0 Å². The average Bonchev–Trinajstić information content (AvgIpc) is 2.83. The van der Waals surface area contributed by atoms with Crippen LogP contribution in [0.3, 0.4) is 0 Å². The molecule has 1 aliphatic rings. The summed E-state index contributed by atoms with van der Waals surface area (Å²) in [5.74, 6) is -1.57. The van der Waals surface area contributed by atoms with Crippen molar-refractivity contribution in [3.05, 3.63) is 57.6 Å². The second-order valence-corrected chi connectivity index (χ2v) is 11.8. The Morgan fingerprint density at radius 1 is 0.706 bits per heavy atom. The van der Waals surface area contributed by atoms with Gasteiger partial charge in [-0.05, 0) is 36.4 Å². The molecule has 0 radical (unpaired) electrons. The summed E-state index contributed by atoms with van der Waals surface area (Å²) in [6.07, 6.45) is 0. The first kappa shape index (κ1) is 26.4. The first-order valence-corrected chi connectivity index (χ1v) is 13.3. The number of sulfonamides is 2. The van der Waals surface area contributed by atoms with Crippen molar-refractivity contribution < 1.29 is 35.9 Å². The lowest BCUT2D eigenvalue weighted by Crippen LogP contribution is -2.50. The first-order valence-electron chi connectivity index (χ1n) is 9.69. The third kappa shape index (κ3) is 5.07. The molecule has 0 saturated carbocycles. The van der Waals surface area contributed by atoms with Crippen LogP contribution in [0.5, 0.6) is 0 Å². The number of esters is 2. The van der Waals surface area contributed by atoms with Gasteiger partial charge in [0.2, 0.25) is 20.0 Å². The number of carbonyl (C=O) groups excluding carboxylic acids is 2. The van der Waals surface area contributed by atoms with E-state index in [-0.39, 0.29) is 57.1 Å². The zero-order chi connectivity index (χ0) is 25.3. The Balaban J connectivity index is 1.81. The van der Waals surface area contributed by atoms with Gasteiger partial charge in [-0.15, -0.1) is 0 Å². The molecule has 0 N–H and O–H groups in total. The Morgan fingerprint density at radius 3 is 1.32 bits per heavy atom. The van der Waals surface area contributed by atoms with E-state index in [0.717, 1.165) is 35.0 Å². The molecule has 1 fully saturated rings. The molecule has 2 aromatic rings. The number of halogens is 2. The normalized spacial score (nSPS) is 15.6. The molecule has 14 heteroatoms. The smallest absolute Gasteiger partial charge is 0.339 e. The van der Waals surface area contributed by atoms with Crippen molar-refractivity contribution >= 4 is 55.2 Å². The van der Waals surface area contributed by atoms with Gasteiger partial charge in [0.05, 0.1) is 45.2 Å². The lowest BCUT2D eigenvalue weighted by molar-refractivity contribution is 0.0591. The van der Waals surface area contributed by atoms with Crippen molar-refractivity contribution in [3.63, 3.8) is 0 Å². The van der Waals surface area contributed by atoms with Gasteiger partial charge in [-0.1, -0.05) is 23.2 Å². The first-order chi connectivity index (χ1) is 15.9. The van der Waals surface area contributed by atoms with Crippen LogP contribution in [0.25, 0.3) is 0 Å². The van der Waals surface area contributed by atoms with Crippen LogP contribution in [-0.4, -0.2) is 77.8 Å². The van der Waals surface area contributed by atoms with Crippen molar-refractivity contribution in [2.24, 2.45) is 0 Å². The van der Waals surface area contributed by atoms with E-state index in [2.05, 4.69) is 9.47 Å². The van der Waals surface area contributed by atoms with Crippen LogP contribution in [0.1, 0.15) is 20.7 Å². The molecule has 3 rings (SSSR count). The van der Waals surface area contributed by atoms with E-state index in [0.29, 0.717) is 0 Å². The highest BCUT2D eigenvalue weighted by molar-refractivity contribution is 7.89. The number of piperazine rings is 1. The van der Waals surface area contributed by atoms with Crippen LogP contribution in [0.15, 0.2) is 46.2 Å². The molecule has 0 amide bonds. The highest BCUT2D eigenvalue weighted by Gasteiger charge is 2.34. The van der Waals surface area contributed by atoms with Gasteiger partial charge in [0.25, 0.3) is 0 Å². The topological polar surface area (TPSA) is 127 Å². The molecule has 0 aromatic heterocycles. The minimum atomic E-state index is -4.04. The minimum Gasteiger partial charge on any atom is -0.465 e. The Hall–Kier alpha value is -2.22. The van der Waals surface area contributed by atoms with E-state index in [1.54, 1.807) is 0 Å². The van der Waals surface area contributed by atoms with Crippen molar-refractivity contribution in [3.8, 4) is 0 Å². The highest BCUT2D eigenvalue weighted by Crippen LogP contribution is 2.27. The molecular weight excluding hydrogens is 531 g/mol. The summed E-state index contributed by atoms with van der Waals surface area (Å²) in [5, 5.41) is 0.0759. The zero-order valence-corrected chi connectivity index (χ0v) is 21.2. The molecule has 184 valence electrons. The second kappa shape index (κ2) is 10.2. The largest absolute Gasteiger partial charge is 0.465 e. The molecule has 0 spiro atoms. The molecule has 34 heavy (non-hydrogen) atoms. The van der Waals surface area contributed by atoms with Gasteiger partial charge in [-0.25, -0.2) is 26.4 Å². The van der Waals surface area contributed by atoms with Gasteiger partial charge in [0.15, 0.2) is 0 Å². The van der Waals surface area contributed by atoms with Crippen LogP contribution >= 0.6 is 23.2 Å². The van der Waals surface area contributed by atoms with Crippen molar-refractivity contribution in [2.75, 3.05) is 40.4 Å². The predicted octanol–water partition coefficient (Wildman–Crippen LogP) is 2.26. The summed E-state index contributed by atoms with van der Waals surface area (Å²) in [6, 6.07) is 7.32. The molecule has 0 atom stereocenters. The van der Waals surface area contributed by atoms with Crippen LogP contribution < -0.4 is 0 Å². The Labute approximate surface area is 207 Å². The van der Waals surface area contributed by atoms with Crippen molar-refractivity contribution in [1.82, 2.24) is 8.61 Å². The Kier molecular flexibility index (Phi) is 7.90. The highest BCUT2D eigenvalue weighted by atomic mass is 35.5. The van der Waals surface area contributed by atoms with Crippen molar-refractivity contribution in [1.29, 1.82) is 0 Å². The Bertz CT molecular complexity index is 1230. The zero-order valence-electron chi connectivity index (χ0n) is 18.0. The number of benzene rings is 2. The third-order valence-electron chi connectivity index (χ3n) is 5.16. The predicted molar refractivity (Wildman–Crippen MR) is 123 cm³/mol. The van der Waals surface area contributed by atoms with E-state index in [1.807, 2.05) is 0 Å². The number of hydrogen-bond donors (Lipinski definition) is 0. The molecule has 0 bridgehead atoms. The maximum Gasteiger partial charge on any atom is 0.339 e. The number of methoxy groups -OCH3 is 2. The van der Waals surface area contributed by atoms with E-state index in [9.17, 15) is 26.4 Å². The molecule has 1 aliphatic heterocycles. The lowest BCUT2D eigenvalue weighted by atomic mass is 10.2. The van der Waals surface area contributed by atoms with Gasteiger partial charge < -0.3 is 9.47 Å². The fourth-order valence-electron chi connectivity index (χ4n) is 3.31. The van der Waals surface area contributed by atoms with E-state index < -0.39 is 32.0 Å².